The highest BCUT2D eigenvalue weighted by Gasteiger charge is 2.17. The number of aliphatic hydroxyl groups is 1. The van der Waals surface area contributed by atoms with Crippen molar-refractivity contribution < 1.29 is 5.11 Å². The zero-order valence-corrected chi connectivity index (χ0v) is 15.8. The molecule has 1 atom stereocenters. The van der Waals surface area contributed by atoms with Crippen molar-refractivity contribution in [3.05, 3.63) is 38.8 Å². The van der Waals surface area contributed by atoms with E-state index >= 15 is 0 Å². The summed E-state index contributed by atoms with van der Waals surface area (Å²) in [5.41, 5.74) is 4.99. The molecule has 128 valence electrons. The maximum Gasteiger partial charge on any atom is 0.0641 e. The largest absolute Gasteiger partial charge is 0.392 e. The molecule has 0 aliphatic rings. The number of hydrogen-bond donors (Lipinski definition) is 1. The Labute approximate surface area is 143 Å². The van der Waals surface area contributed by atoms with Gasteiger partial charge in [0.25, 0.3) is 0 Å². The first-order valence-electron chi connectivity index (χ1n) is 8.38. The van der Waals surface area contributed by atoms with E-state index in [2.05, 4.69) is 53.8 Å². The maximum atomic E-state index is 9.87. The average molecular weight is 336 g/mol. The Morgan fingerprint density at radius 2 is 2.04 bits per heavy atom. The first-order valence-corrected chi connectivity index (χ1v) is 9.26. The highest BCUT2D eigenvalue weighted by atomic mass is 32.1. The van der Waals surface area contributed by atoms with Crippen LogP contribution in [-0.4, -0.2) is 32.4 Å². The number of aliphatic hydroxyl groups excluding tert-OH is 1. The molecule has 5 heteroatoms. The average Bonchev–Trinajstić information content (AvgIpc) is 2.98. The van der Waals surface area contributed by atoms with Gasteiger partial charge in [-0.15, -0.1) is 11.3 Å². The lowest BCUT2D eigenvalue weighted by Gasteiger charge is -2.24. The molecule has 0 fully saturated rings. The molecule has 0 aromatic carbocycles. The standard InChI is InChI=1S/C18H29N3OS/c1-6-8-21-16(5)17(15(4)19-21)11-20(10-14(3)22)12-18-13(2)7-9-23-18/h7,9,14,22H,6,8,10-12H2,1-5H3. The van der Waals surface area contributed by atoms with E-state index in [0.29, 0.717) is 6.54 Å². The van der Waals surface area contributed by atoms with Crippen LogP contribution in [-0.2, 0) is 19.6 Å². The number of nitrogens with zero attached hydrogens (tertiary/aromatic N) is 3. The second-order valence-corrected chi connectivity index (χ2v) is 7.42. The van der Waals surface area contributed by atoms with E-state index < -0.39 is 0 Å². The lowest BCUT2D eigenvalue weighted by molar-refractivity contribution is 0.118. The van der Waals surface area contributed by atoms with Crippen LogP contribution in [0.4, 0.5) is 0 Å². The first kappa shape index (κ1) is 18.2. The number of hydrogen-bond acceptors (Lipinski definition) is 4. The van der Waals surface area contributed by atoms with Crippen LogP contribution in [0.25, 0.3) is 0 Å². The zero-order valence-electron chi connectivity index (χ0n) is 15.0. The Balaban J connectivity index is 2.19. The van der Waals surface area contributed by atoms with Gasteiger partial charge in [0.1, 0.15) is 0 Å². The van der Waals surface area contributed by atoms with Crippen molar-refractivity contribution in [2.45, 2.75) is 66.8 Å². The number of aryl methyl sites for hydroxylation is 3. The van der Waals surface area contributed by atoms with Crippen molar-refractivity contribution in [3.8, 4) is 0 Å². The number of aromatic nitrogens is 2. The van der Waals surface area contributed by atoms with E-state index in [1.807, 2.05) is 6.92 Å². The minimum atomic E-state index is -0.332. The van der Waals surface area contributed by atoms with Crippen LogP contribution >= 0.6 is 11.3 Å². The summed E-state index contributed by atoms with van der Waals surface area (Å²) in [6.07, 6.45) is 0.759. The van der Waals surface area contributed by atoms with Gasteiger partial charge in [-0.3, -0.25) is 9.58 Å². The molecule has 0 aliphatic carbocycles. The SMILES string of the molecule is CCCn1nc(C)c(CN(Cc2sccc2C)CC(C)O)c1C. The quantitative estimate of drug-likeness (QED) is 0.800. The topological polar surface area (TPSA) is 41.3 Å². The molecule has 2 rings (SSSR count). The summed E-state index contributed by atoms with van der Waals surface area (Å²) in [6.45, 7) is 13.8. The fourth-order valence-electron chi connectivity index (χ4n) is 2.94. The van der Waals surface area contributed by atoms with E-state index in [0.717, 1.165) is 31.7 Å². The molecule has 23 heavy (non-hydrogen) atoms. The molecule has 0 spiro atoms. The molecule has 2 aromatic heterocycles. The third-order valence-corrected chi connectivity index (χ3v) is 5.21. The third kappa shape index (κ3) is 4.66. The van der Waals surface area contributed by atoms with E-state index in [-0.39, 0.29) is 6.10 Å². The highest BCUT2D eigenvalue weighted by Crippen LogP contribution is 2.22. The Kier molecular flexibility index (Phi) is 6.39. The molecule has 0 amide bonds. The second-order valence-electron chi connectivity index (χ2n) is 6.42. The minimum absolute atomic E-state index is 0.332. The summed E-state index contributed by atoms with van der Waals surface area (Å²) >= 11 is 1.79. The van der Waals surface area contributed by atoms with Crippen LogP contribution in [0.15, 0.2) is 11.4 Å². The van der Waals surface area contributed by atoms with E-state index in [4.69, 9.17) is 0 Å². The van der Waals surface area contributed by atoms with Gasteiger partial charge < -0.3 is 5.11 Å². The normalized spacial score (nSPS) is 13.0. The monoisotopic (exact) mass is 335 g/mol. The highest BCUT2D eigenvalue weighted by molar-refractivity contribution is 7.10. The van der Waals surface area contributed by atoms with Crippen molar-refractivity contribution in [1.82, 2.24) is 14.7 Å². The van der Waals surface area contributed by atoms with Crippen molar-refractivity contribution >= 4 is 11.3 Å². The summed E-state index contributed by atoms with van der Waals surface area (Å²) in [5.74, 6) is 0. The van der Waals surface area contributed by atoms with E-state index in [1.165, 1.54) is 21.7 Å². The van der Waals surface area contributed by atoms with Crippen LogP contribution in [0.5, 0.6) is 0 Å². The fraction of sp³-hybridized carbons (Fsp3) is 0.611. The number of rotatable bonds is 8. The van der Waals surface area contributed by atoms with Gasteiger partial charge >= 0.3 is 0 Å². The lowest BCUT2D eigenvalue weighted by Crippen LogP contribution is -2.30. The van der Waals surface area contributed by atoms with Gasteiger partial charge in [-0.2, -0.15) is 5.10 Å². The second kappa shape index (κ2) is 8.08. The van der Waals surface area contributed by atoms with Gasteiger partial charge in [0.05, 0.1) is 11.8 Å². The molecule has 0 bridgehead atoms. The summed E-state index contributed by atoms with van der Waals surface area (Å²) in [4.78, 5) is 3.71. The van der Waals surface area contributed by atoms with Gasteiger partial charge in [-0.25, -0.2) is 0 Å². The van der Waals surface area contributed by atoms with Crippen molar-refractivity contribution in [2.75, 3.05) is 6.54 Å². The van der Waals surface area contributed by atoms with Crippen LogP contribution in [0.3, 0.4) is 0 Å². The summed E-state index contributed by atoms with van der Waals surface area (Å²) in [5, 5.41) is 16.7. The minimum Gasteiger partial charge on any atom is -0.392 e. The van der Waals surface area contributed by atoms with Gasteiger partial charge in [-0.1, -0.05) is 6.92 Å². The van der Waals surface area contributed by atoms with E-state index in [1.54, 1.807) is 11.3 Å². The molecule has 0 aliphatic heterocycles. The van der Waals surface area contributed by atoms with Crippen molar-refractivity contribution in [1.29, 1.82) is 0 Å². The van der Waals surface area contributed by atoms with Crippen LogP contribution < -0.4 is 0 Å². The molecular formula is C18H29N3OS. The first-order chi connectivity index (χ1) is 10.9. The van der Waals surface area contributed by atoms with Gasteiger partial charge in [0.15, 0.2) is 0 Å². The van der Waals surface area contributed by atoms with Gasteiger partial charge in [-0.05, 0) is 51.1 Å². The fourth-order valence-corrected chi connectivity index (χ4v) is 3.89. The molecule has 4 nitrogen and oxygen atoms in total. The number of thiophene rings is 1. The molecule has 0 saturated heterocycles. The molecule has 0 saturated carbocycles. The molecule has 1 unspecified atom stereocenters. The molecule has 2 heterocycles. The predicted molar refractivity (Wildman–Crippen MR) is 96.8 cm³/mol. The van der Waals surface area contributed by atoms with Crippen LogP contribution in [0, 0.1) is 20.8 Å². The van der Waals surface area contributed by atoms with Gasteiger partial charge in [0, 0.05) is 42.3 Å². The summed E-state index contributed by atoms with van der Waals surface area (Å²) in [6, 6.07) is 2.16. The Morgan fingerprint density at radius 3 is 2.61 bits per heavy atom. The van der Waals surface area contributed by atoms with E-state index in [9.17, 15) is 5.11 Å². The maximum absolute atomic E-state index is 9.87. The Morgan fingerprint density at radius 1 is 1.30 bits per heavy atom. The zero-order chi connectivity index (χ0) is 17.0. The third-order valence-electron chi connectivity index (χ3n) is 4.21. The summed E-state index contributed by atoms with van der Waals surface area (Å²) in [7, 11) is 0. The lowest BCUT2D eigenvalue weighted by atomic mass is 10.1. The molecule has 2 aromatic rings. The Hall–Kier alpha value is -1.17. The van der Waals surface area contributed by atoms with Crippen molar-refractivity contribution in [3.63, 3.8) is 0 Å². The van der Waals surface area contributed by atoms with Gasteiger partial charge in [0.2, 0.25) is 0 Å². The predicted octanol–water partition coefficient (Wildman–Crippen LogP) is 3.66. The van der Waals surface area contributed by atoms with Crippen LogP contribution in [0.1, 0.15) is 47.7 Å². The summed E-state index contributed by atoms with van der Waals surface area (Å²) < 4.78 is 2.11. The van der Waals surface area contributed by atoms with Crippen molar-refractivity contribution in [2.24, 2.45) is 0 Å². The molecule has 1 N–H and O–H groups in total. The molecule has 0 radical (unpaired) electrons. The van der Waals surface area contributed by atoms with Crippen LogP contribution in [0.2, 0.25) is 0 Å². The molecular weight excluding hydrogens is 306 g/mol. The smallest absolute Gasteiger partial charge is 0.0641 e. The Bertz CT molecular complexity index is 630.